The zero-order valence-corrected chi connectivity index (χ0v) is 33.8. The molecule has 12 aromatic rings. The molecule has 0 fully saturated rings. The van der Waals surface area contributed by atoms with E-state index < -0.39 is 0 Å². The van der Waals surface area contributed by atoms with Crippen LogP contribution in [0.1, 0.15) is 0 Å². The molecular formula is C60H38N2. The van der Waals surface area contributed by atoms with Crippen molar-refractivity contribution < 1.29 is 0 Å². The summed E-state index contributed by atoms with van der Waals surface area (Å²) in [4.78, 5) is 2.41. The van der Waals surface area contributed by atoms with Crippen molar-refractivity contribution in [3.63, 3.8) is 0 Å². The van der Waals surface area contributed by atoms with E-state index in [1.807, 2.05) is 0 Å². The molecule has 0 amide bonds. The van der Waals surface area contributed by atoms with Crippen LogP contribution in [0.5, 0.6) is 0 Å². The second-order valence-corrected chi connectivity index (χ2v) is 16.5. The predicted molar refractivity (Wildman–Crippen MR) is 263 cm³/mol. The molecule has 1 heterocycles. The van der Waals surface area contributed by atoms with E-state index in [1.165, 1.54) is 98.6 Å². The molecule has 1 aliphatic carbocycles. The molecule has 11 aromatic carbocycles. The topological polar surface area (TPSA) is 8.17 Å². The summed E-state index contributed by atoms with van der Waals surface area (Å²) in [5, 5.41) is 10.2. The normalized spacial score (nSPS) is 11.9. The van der Waals surface area contributed by atoms with E-state index in [0.29, 0.717) is 0 Å². The Morgan fingerprint density at radius 1 is 0.274 bits per heavy atom. The van der Waals surface area contributed by atoms with Gasteiger partial charge in [0, 0.05) is 33.5 Å². The lowest BCUT2D eigenvalue weighted by Crippen LogP contribution is -2.10. The van der Waals surface area contributed by atoms with Crippen LogP contribution >= 0.6 is 0 Å². The van der Waals surface area contributed by atoms with Crippen molar-refractivity contribution >= 4 is 71.2 Å². The third-order valence-corrected chi connectivity index (χ3v) is 13.1. The fourth-order valence-electron chi connectivity index (χ4n) is 10.2. The molecule has 0 radical (unpaired) electrons. The number of aromatic nitrogens is 1. The summed E-state index contributed by atoms with van der Waals surface area (Å²) in [5.74, 6) is 0. The number of para-hydroxylation sites is 2. The first-order chi connectivity index (χ1) is 30.7. The van der Waals surface area contributed by atoms with Crippen LogP contribution in [0, 0.1) is 0 Å². The minimum absolute atomic E-state index is 1.09. The Morgan fingerprint density at radius 2 is 0.823 bits per heavy atom. The molecule has 2 heteroatoms. The van der Waals surface area contributed by atoms with Gasteiger partial charge >= 0.3 is 0 Å². The summed E-state index contributed by atoms with van der Waals surface area (Å²) in [7, 11) is 0. The molecule has 0 aliphatic heterocycles. The first kappa shape index (κ1) is 34.6. The molecule has 2 nitrogen and oxygen atoms in total. The summed E-state index contributed by atoms with van der Waals surface area (Å²) in [6.45, 7) is 0. The van der Waals surface area contributed by atoms with E-state index in [9.17, 15) is 0 Å². The molecule has 1 aromatic heterocycles. The Balaban J connectivity index is 0.952. The van der Waals surface area contributed by atoms with E-state index in [2.05, 4.69) is 240 Å². The lowest BCUT2D eigenvalue weighted by atomic mass is 9.96. The van der Waals surface area contributed by atoms with Crippen molar-refractivity contribution in [1.82, 2.24) is 4.57 Å². The van der Waals surface area contributed by atoms with Gasteiger partial charge in [-0.3, -0.25) is 0 Å². The fourth-order valence-corrected chi connectivity index (χ4v) is 10.2. The maximum Gasteiger partial charge on any atom is 0.0541 e. The molecule has 0 saturated heterocycles. The average Bonchev–Trinajstić information content (AvgIpc) is 3.85. The van der Waals surface area contributed by atoms with Crippen molar-refractivity contribution in [3.05, 3.63) is 231 Å². The molecule has 0 bridgehead atoms. The summed E-state index contributed by atoms with van der Waals surface area (Å²) in [6, 6.07) is 84.8. The van der Waals surface area contributed by atoms with Crippen LogP contribution in [-0.4, -0.2) is 4.57 Å². The van der Waals surface area contributed by atoms with Crippen LogP contribution in [-0.2, 0) is 0 Å². The second kappa shape index (κ2) is 13.7. The number of hydrogen-bond acceptors (Lipinski definition) is 1. The molecule has 0 saturated carbocycles. The Bertz CT molecular complexity index is 3700. The van der Waals surface area contributed by atoms with Gasteiger partial charge < -0.3 is 9.47 Å². The molecule has 0 N–H and O–H groups in total. The maximum atomic E-state index is 2.41. The zero-order valence-electron chi connectivity index (χ0n) is 33.8. The van der Waals surface area contributed by atoms with Gasteiger partial charge in [-0.25, -0.2) is 0 Å². The van der Waals surface area contributed by atoms with E-state index in [1.54, 1.807) is 0 Å². The lowest BCUT2D eigenvalue weighted by molar-refractivity contribution is 1.17. The Hall–Kier alpha value is -8.20. The summed E-state index contributed by atoms with van der Waals surface area (Å²) in [5.41, 5.74) is 16.8. The van der Waals surface area contributed by atoms with Crippen molar-refractivity contribution in [1.29, 1.82) is 0 Å². The van der Waals surface area contributed by atoms with E-state index >= 15 is 0 Å². The summed E-state index contributed by atoms with van der Waals surface area (Å²) in [6.07, 6.45) is 0. The van der Waals surface area contributed by atoms with Crippen LogP contribution in [0.2, 0.25) is 0 Å². The number of rotatable bonds is 6. The number of anilines is 3. The van der Waals surface area contributed by atoms with Crippen LogP contribution in [0.4, 0.5) is 17.1 Å². The van der Waals surface area contributed by atoms with Gasteiger partial charge in [-0.2, -0.15) is 0 Å². The zero-order chi connectivity index (χ0) is 40.7. The van der Waals surface area contributed by atoms with Gasteiger partial charge in [0.2, 0.25) is 0 Å². The highest BCUT2D eigenvalue weighted by Crippen LogP contribution is 2.49. The SMILES string of the molecule is c1cc(-c2ccc3c(c2)-c2cccc4cccc-3c24)cc(N(c2ccc(-c3ccc4ccc5ccccc5c4c3)cc2)c2cccc(-n3c4ccccc4c4ccccc43)c2)c1. The van der Waals surface area contributed by atoms with Crippen molar-refractivity contribution in [2.45, 2.75) is 0 Å². The van der Waals surface area contributed by atoms with Gasteiger partial charge in [0.25, 0.3) is 0 Å². The molecule has 0 spiro atoms. The summed E-state index contributed by atoms with van der Waals surface area (Å²) < 4.78 is 2.40. The number of benzene rings is 11. The standard InChI is InChI=1S/C60H38N2/c1-2-18-50-40(11-1)25-26-41-27-28-44(36-56(41)50)39-29-32-46(33-30-39)61(48-16-10-17-49(38-48)62-58-23-5-3-19-52(58)53-20-4-6-24-59(53)62)47-15-7-14-43(35-47)45-31-34-51-54-21-8-12-42-13-9-22-55(60(42)54)57(51)37-45/h1-38H. The van der Waals surface area contributed by atoms with Crippen LogP contribution in [0.15, 0.2) is 231 Å². The van der Waals surface area contributed by atoms with E-state index in [4.69, 9.17) is 0 Å². The molecule has 0 atom stereocenters. The minimum Gasteiger partial charge on any atom is -0.310 e. The highest BCUT2D eigenvalue weighted by atomic mass is 15.1. The minimum atomic E-state index is 1.09. The fraction of sp³-hybridized carbons (Fsp3) is 0. The van der Waals surface area contributed by atoms with Gasteiger partial charge in [0.15, 0.2) is 0 Å². The highest BCUT2D eigenvalue weighted by Gasteiger charge is 2.22. The Labute approximate surface area is 359 Å². The van der Waals surface area contributed by atoms with Crippen LogP contribution in [0.3, 0.4) is 0 Å². The molecule has 0 unspecified atom stereocenters. The number of hydrogen-bond donors (Lipinski definition) is 0. The smallest absolute Gasteiger partial charge is 0.0541 e. The highest BCUT2D eigenvalue weighted by molar-refractivity contribution is 6.16. The van der Waals surface area contributed by atoms with Crippen molar-refractivity contribution in [2.24, 2.45) is 0 Å². The van der Waals surface area contributed by atoms with Gasteiger partial charge in [-0.1, -0.05) is 164 Å². The molecule has 62 heavy (non-hydrogen) atoms. The van der Waals surface area contributed by atoms with E-state index in [-0.39, 0.29) is 0 Å². The maximum absolute atomic E-state index is 2.41. The van der Waals surface area contributed by atoms with Gasteiger partial charge in [-0.05, 0) is 144 Å². The quantitative estimate of drug-likeness (QED) is 0.152. The third kappa shape index (κ3) is 5.37. The van der Waals surface area contributed by atoms with Gasteiger partial charge in [0.05, 0.1) is 11.0 Å². The number of nitrogens with zero attached hydrogens (tertiary/aromatic N) is 2. The van der Waals surface area contributed by atoms with Gasteiger partial charge in [-0.15, -0.1) is 0 Å². The predicted octanol–water partition coefficient (Wildman–Crippen LogP) is 16.7. The van der Waals surface area contributed by atoms with Crippen LogP contribution in [0.25, 0.3) is 104 Å². The van der Waals surface area contributed by atoms with Crippen molar-refractivity contribution in [2.75, 3.05) is 4.90 Å². The van der Waals surface area contributed by atoms with Crippen LogP contribution < -0.4 is 4.90 Å². The third-order valence-electron chi connectivity index (χ3n) is 13.1. The first-order valence-corrected chi connectivity index (χ1v) is 21.4. The van der Waals surface area contributed by atoms with E-state index in [0.717, 1.165) is 22.7 Å². The monoisotopic (exact) mass is 786 g/mol. The lowest BCUT2D eigenvalue weighted by Gasteiger charge is -2.27. The van der Waals surface area contributed by atoms with Crippen molar-refractivity contribution in [3.8, 4) is 50.2 Å². The molecule has 13 rings (SSSR count). The Kier molecular flexibility index (Phi) is 7.64. The average molecular weight is 787 g/mol. The molecule has 288 valence electrons. The summed E-state index contributed by atoms with van der Waals surface area (Å²) >= 11 is 0. The molecular weight excluding hydrogens is 749 g/mol. The Morgan fingerprint density at radius 3 is 1.60 bits per heavy atom. The largest absolute Gasteiger partial charge is 0.310 e. The first-order valence-electron chi connectivity index (χ1n) is 21.4. The van der Waals surface area contributed by atoms with Gasteiger partial charge in [0.1, 0.15) is 0 Å². The number of fused-ring (bicyclic) bond motifs is 9. The second-order valence-electron chi connectivity index (χ2n) is 16.5. The molecule has 1 aliphatic rings.